The normalized spacial score (nSPS) is 7.20. The summed E-state index contributed by atoms with van der Waals surface area (Å²) in [5, 5.41) is 0. The van der Waals surface area contributed by atoms with Crippen LogP contribution in [0.1, 0.15) is 0 Å². The number of nitrogens with zero attached hydrogens (tertiary/aromatic N) is 1. The van der Waals surface area contributed by atoms with Crippen molar-refractivity contribution in [1.29, 1.82) is 0 Å². The van der Waals surface area contributed by atoms with Crippen LogP contribution in [0.4, 0.5) is 0 Å². The molecule has 34 valence electrons. The first kappa shape index (κ1) is 8.87. The van der Waals surface area contributed by atoms with Gasteiger partial charge in [0.2, 0.25) is 0 Å². The molecule has 0 atom stereocenters. The zero-order valence-electron chi connectivity index (χ0n) is 4.15. The third kappa shape index (κ3) is 2260. The van der Waals surface area contributed by atoms with Crippen LogP contribution < -0.4 is 6.15 Å². The first-order valence-electron chi connectivity index (χ1n) is 1.34. The van der Waals surface area contributed by atoms with Crippen molar-refractivity contribution in [3.63, 3.8) is 0 Å². The predicted molar refractivity (Wildman–Crippen MR) is 24.6 cm³/mol. The second kappa shape index (κ2) is 3.92. The lowest BCUT2D eigenvalue weighted by molar-refractivity contribution is 0.505. The maximum Gasteiger partial charge on any atom is -0.0140 e. The van der Waals surface area contributed by atoms with Crippen molar-refractivity contribution >= 4 is 0 Å². The standard InChI is InChI=1S/C3H9N.H3N/c1-4(2)3;/h1-3H3;1H3. The fourth-order valence-electron chi connectivity index (χ4n) is 0. The zero-order chi connectivity index (χ0) is 3.58. The van der Waals surface area contributed by atoms with Crippen LogP contribution in [0.2, 0.25) is 0 Å². The SMILES string of the molecule is CN(C)C.N. The molecule has 2 nitrogen and oxygen atoms in total. The predicted octanol–water partition coefficient (Wildman–Crippen LogP) is 0.340. The first-order valence-corrected chi connectivity index (χ1v) is 1.34. The van der Waals surface area contributed by atoms with E-state index in [1.165, 1.54) is 0 Å². The molecule has 0 fully saturated rings. The van der Waals surface area contributed by atoms with Gasteiger partial charge in [-0.1, -0.05) is 0 Å². The molecule has 0 bridgehead atoms. The molecule has 0 amide bonds. The van der Waals surface area contributed by atoms with Gasteiger partial charge in [0.05, 0.1) is 0 Å². The fraction of sp³-hybridized carbons (Fsp3) is 1.00. The molecule has 0 heterocycles. The molecule has 0 radical (unpaired) electrons. The van der Waals surface area contributed by atoms with Crippen molar-refractivity contribution in [2.75, 3.05) is 21.1 Å². The zero-order valence-corrected chi connectivity index (χ0v) is 4.15. The van der Waals surface area contributed by atoms with Crippen LogP contribution in [0, 0.1) is 0 Å². The van der Waals surface area contributed by atoms with Crippen LogP contribution in [0.25, 0.3) is 0 Å². The van der Waals surface area contributed by atoms with Crippen LogP contribution >= 0.6 is 0 Å². The molecule has 0 saturated heterocycles. The lowest BCUT2D eigenvalue weighted by atomic mass is 11.0. The quantitative estimate of drug-likeness (QED) is 0.452. The molecule has 0 aliphatic rings. The minimum absolute atomic E-state index is 0. The summed E-state index contributed by atoms with van der Waals surface area (Å²) in [5.74, 6) is 0. The molecule has 0 aromatic heterocycles. The molecule has 5 heavy (non-hydrogen) atoms. The molecule has 0 spiro atoms. The Balaban J connectivity index is 0. The molecule has 2 heteroatoms. The summed E-state index contributed by atoms with van der Waals surface area (Å²) in [7, 11) is 6.00. The average molecular weight is 76.1 g/mol. The smallest absolute Gasteiger partial charge is 0.0140 e. The Bertz CT molecular complexity index is 9.61. The van der Waals surface area contributed by atoms with Crippen molar-refractivity contribution in [3.05, 3.63) is 0 Å². The number of hydrogen-bond acceptors (Lipinski definition) is 2. The molecule has 0 unspecified atom stereocenters. The van der Waals surface area contributed by atoms with E-state index in [2.05, 4.69) is 0 Å². The Morgan fingerprint density at radius 3 is 1.00 bits per heavy atom. The van der Waals surface area contributed by atoms with Crippen molar-refractivity contribution in [2.45, 2.75) is 0 Å². The second-order valence-electron chi connectivity index (χ2n) is 1.34. The molecule has 0 saturated carbocycles. The van der Waals surface area contributed by atoms with E-state index in [0.717, 1.165) is 0 Å². The summed E-state index contributed by atoms with van der Waals surface area (Å²) in [4.78, 5) is 2.00. The van der Waals surface area contributed by atoms with Crippen LogP contribution in [0.15, 0.2) is 0 Å². The van der Waals surface area contributed by atoms with Crippen molar-refractivity contribution in [2.24, 2.45) is 0 Å². The summed E-state index contributed by atoms with van der Waals surface area (Å²) in [6.07, 6.45) is 0. The molecule has 0 aliphatic carbocycles. The van der Waals surface area contributed by atoms with Gasteiger partial charge in [-0.25, -0.2) is 0 Å². The average Bonchev–Trinajstić information content (AvgIpc) is 0.811. The topological polar surface area (TPSA) is 38.2 Å². The minimum Gasteiger partial charge on any atom is -0.344 e. The molecule has 0 aliphatic heterocycles. The second-order valence-corrected chi connectivity index (χ2v) is 1.34. The van der Waals surface area contributed by atoms with E-state index in [0.29, 0.717) is 0 Å². The Hall–Kier alpha value is -0.0800. The highest BCUT2D eigenvalue weighted by Gasteiger charge is 1.58. The van der Waals surface area contributed by atoms with E-state index < -0.39 is 0 Å². The van der Waals surface area contributed by atoms with Crippen LogP contribution in [-0.4, -0.2) is 26.0 Å². The van der Waals surface area contributed by atoms with Gasteiger partial charge in [-0.2, -0.15) is 0 Å². The van der Waals surface area contributed by atoms with Crippen LogP contribution in [-0.2, 0) is 0 Å². The lowest BCUT2D eigenvalue weighted by Crippen LogP contribution is -1.99. The Morgan fingerprint density at radius 1 is 1.00 bits per heavy atom. The van der Waals surface area contributed by atoms with Gasteiger partial charge in [-0.3, -0.25) is 0 Å². The Morgan fingerprint density at radius 2 is 1.00 bits per heavy atom. The summed E-state index contributed by atoms with van der Waals surface area (Å²) in [6.45, 7) is 0. The van der Waals surface area contributed by atoms with Gasteiger partial charge >= 0.3 is 0 Å². The van der Waals surface area contributed by atoms with Gasteiger partial charge < -0.3 is 11.1 Å². The summed E-state index contributed by atoms with van der Waals surface area (Å²) in [6, 6.07) is 0. The lowest BCUT2D eigenvalue weighted by Gasteiger charge is -1.90. The van der Waals surface area contributed by atoms with E-state index in [4.69, 9.17) is 0 Å². The van der Waals surface area contributed by atoms with Gasteiger partial charge in [0.15, 0.2) is 0 Å². The fourth-order valence-corrected chi connectivity index (χ4v) is 0. The van der Waals surface area contributed by atoms with E-state index in [1.54, 1.807) is 0 Å². The molecular weight excluding hydrogens is 64.0 g/mol. The summed E-state index contributed by atoms with van der Waals surface area (Å²) in [5.41, 5.74) is 0. The largest absolute Gasteiger partial charge is 0.344 e. The van der Waals surface area contributed by atoms with Crippen molar-refractivity contribution in [3.8, 4) is 0 Å². The minimum atomic E-state index is 0. The molecule has 3 N–H and O–H groups in total. The highest BCUT2D eigenvalue weighted by molar-refractivity contribution is 4.09. The van der Waals surface area contributed by atoms with Crippen molar-refractivity contribution < 1.29 is 0 Å². The number of rotatable bonds is 0. The maximum atomic E-state index is 2.00. The van der Waals surface area contributed by atoms with E-state index >= 15 is 0 Å². The van der Waals surface area contributed by atoms with E-state index in [9.17, 15) is 0 Å². The highest BCUT2D eigenvalue weighted by atomic mass is 15.0. The summed E-state index contributed by atoms with van der Waals surface area (Å²) < 4.78 is 0. The first-order chi connectivity index (χ1) is 1.73. The van der Waals surface area contributed by atoms with Gasteiger partial charge in [0.1, 0.15) is 0 Å². The Labute approximate surface area is 33.4 Å². The van der Waals surface area contributed by atoms with Gasteiger partial charge in [0.25, 0.3) is 0 Å². The van der Waals surface area contributed by atoms with Crippen molar-refractivity contribution in [1.82, 2.24) is 11.1 Å². The third-order valence-corrected chi connectivity index (χ3v) is 0. The monoisotopic (exact) mass is 76.1 g/mol. The van der Waals surface area contributed by atoms with E-state index in [-0.39, 0.29) is 6.15 Å². The summed E-state index contributed by atoms with van der Waals surface area (Å²) >= 11 is 0. The third-order valence-electron chi connectivity index (χ3n) is 0. The number of hydrogen-bond donors (Lipinski definition) is 1. The van der Waals surface area contributed by atoms with Gasteiger partial charge in [-0.05, 0) is 21.1 Å². The maximum absolute atomic E-state index is 2.00. The molecule has 0 rings (SSSR count). The van der Waals surface area contributed by atoms with Gasteiger partial charge in [0, 0.05) is 0 Å². The molecule has 0 aromatic rings. The molecule has 0 aromatic carbocycles. The highest BCUT2D eigenvalue weighted by Crippen LogP contribution is 1.47. The Kier molecular flexibility index (Phi) is 6.95. The van der Waals surface area contributed by atoms with Crippen LogP contribution in [0.5, 0.6) is 0 Å². The van der Waals surface area contributed by atoms with Crippen LogP contribution in [0.3, 0.4) is 0 Å². The van der Waals surface area contributed by atoms with E-state index in [1.807, 2.05) is 26.0 Å². The van der Waals surface area contributed by atoms with Gasteiger partial charge in [-0.15, -0.1) is 0 Å². The molecular formula is C3H12N2.